The third-order valence-corrected chi connectivity index (χ3v) is 11.8. The van der Waals surface area contributed by atoms with Crippen LogP contribution in [0.25, 0.3) is 0 Å². The van der Waals surface area contributed by atoms with Crippen LogP contribution in [-0.2, 0) is 19.1 Å². The highest BCUT2D eigenvalue weighted by Gasteiger charge is 2.35. The first-order valence-electron chi connectivity index (χ1n) is 22.5. The molecule has 0 aliphatic carbocycles. The summed E-state index contributed by atoms with van der Waals surface area (Å²) in [7, 11) is 0. The van der Waals surface area contributed by atoms with Crippen LogP contribution < -0.4 is 0 Å². The van der Waals surface area contributed by atoms with Gasteiger partial charge >= 0.3 is 11.9 Å². The first kappa shape index (κ1) is 46.9. The summed E-state index contributed by atoms with van der Waals surface area (Å²) in [6.07, 6.45) is 35.1. The van der Waals surface area contributed by atoms with E-state index in [-0.39, 0.29) is 29.2 Å². The van der Waals surface area contributed by atoms with Gasteiger partial charge in [-0.15, -0.1) is 0 Å². The van der Waals surface area contributed by atoms with Crippen LogP contribution in [0.3, 0.4) is 0 Å². The summed E-state index contributed by atoms with van der Waals surface area (Å²) < 4.78 is 12.3. The standard InChI is InChI=1S/C45H87NO4/c1-6-11-16-20-22-26-30-41(28-24-18-13-8-3)43(47)49-39-34-45(32-37-46(38-33-45)36-15-10-5)35-40-50-44(48)42(29-25-19-14-9-4)31-27-23-21-17-12-7-2/h41-42H,6-40H2,1-5H3. The maximum Gasteiger partial charge on any atom is 0.308 e. The summed E-state index contributed by atoms with van der Waals surface area (Å²) >= 11 is 0. The van der Waals surface area contributed by atoms with Gasteiger partial charge in [-0.3, -0.25) is 9.59 Å². The number of nitrogens with zero attached hydrogens (tertiary/aromatic N) is 1. The normalized spacial score (nSPS) is 15.9. The molecular weight excluding hydrogens is 618 g/mol. The average Bonchev–Trinajstić information content (AvgIpc) is 3.12. The monoisotopic (exact) mass is 706 g/mol. The molecule has 0 bridgehead atoms. The van der Waals surface area contributed by atoms with Gasteiger partial charge in [0.2, 0.25) is 0 Å². The van der Waals surface area contributed by atoms with Gasteiger partial charge in [-0.05, 0) is 82.8 Å². The van der Waals surface area contributed by atoms with Gasteiger partial charge in [-0.25, -0.2) is 0 Å². The number of hydrogen-bond donors (Lipinski definition) is 0. The highest BCUT2D eigenvalue weighted by molar-refractivity contribution is 5.72. The van der Waals surface area contributed by atoms with Crippen molar-refractivity contribution in [2.75, 3.05) is 32.8 Å². The quantitative estimate of drug-likeness (QED) is 0.0485. The summed E-state index contributed by atoms with van der Waals surface area (Å²) in [6.45, 7) is 15.7. The Labute approximate surface area is 312 Å². The van der Waals surface area contributed by atoms with Crippen LogP contribution in [-0.4, -0.2) is 49.7 Å². The lowest BCUT2D eigenvalue weighted by molar-refractivity contribution is -0.151. The third kappa shape index (κ3) is 23.5. The van der Waals surface area contributed by atoms with E-state index in [1.807, 2.05) is 0 Å². The molecular formula is C45H87NO4. The number of carbonyl (C=O) groups is 2. The highest BCUT2D eigenvalue weighted by atomic mass is 16.5. The zero-order chi connectivity index (χ0) is 36.5. The lowest BCUT2D eigenvalue weighted by Crippen LogP contribution is -2.42. The molecule has 1 rings (SSSR count). The first-order valence-corrected chi connectivity index (χ1v) is 22.5. The SMILES string of the molecule is CCCCCCCCC(CCCCCC)C(=O)OCCC1(CCOC(=O)C(CCCCCC)CCCCCCCC)CCN(CCCC)CC1. The van der Waals surface area contributed by atoms with Crippen LogP contribution >= 0.6 is 0 Å². The second-order valence-electron chi connectivity index (χ2n) is 16.2. The van der Waals surface area contributed by atoms with Crippen molar-refractivity contribution in [2.45, 2.75) is 227 Å². The van der Waals surface area contributed by atoms with Crippen LogP contribution in [0.5, 0.6) is 0 Å². The van der Waals surface area contributed by atoms with Gasteiger partial charge < -0.3 is 14.4 Å². The Morgan fingerprint density at radius 3 is 1.16 bits per heavy atom. The molecule has 0 radical (unpaired) electrons. The molecule has 2 atom stereocenters. The van der Waals surface area contributed by atoms with E-state index in [2.05, 4.69) is 39.5 Å². The Morgan fingerprint density at radius 2 is 0.800 bits per heavy atom. The third-order valence-electron chi connectivity index (χ3n) is 11.8. The van der Waals surface area contributed by atoms with Crippen LogP contribution in [0, 0.1) is 17.3 Å². The van der Waals surface area contributed by atoms with E-state index in [1.165, 1.54) is 122 Å². The van der Waals surface area contributed by atoms with E-state index in [4.69, 9.17) is 9.47 Å². The van der Waals surface area contributed by atoms with Crippen LogP contribution in [0.1, 0.15) is 227 Å². The Balaban J connectivity index is 2.77. The number of esters is 2. The summed E-state index contributed by atoms with van der Waals surface area (Å²) in [5.74, 6) is 0.175. The molecule has 1 aliphatic rings. The Hall–Kier alpha value is -1.10. The topological polar surface area (TPSA) is 55.8 Å². The zero-order valence-electron chi connectivity index (χ0n) is 34.5. The molecule has 0 aromatic rings. The van der Waals surface area contributed by atoms with Gasteiger partial charge in [0.25, 0.3) is 0 Å². The van der Waals surface area contributed by atoms with E-state index < -0.39 is 0 Å². The van der Waals surface area contributed by atoms with Crippen molar-refractivity contribution in [3.8, 4) is 0 Å². The molecule has 1 aliphatic heterocycles. The second kappa shape index (κ2) is 32.5. The summed E-state index contributed by atoms with van der Waals surface area (Å²) in [5, 5.41) is 0. The maximum absolute atomic E-state index is 13.5. The predicted molar refractivity (Wildman–Crippen MR) is 215 cm³/mol. The van der Waals surface area contributed by atoms with Crippen molar-refractivity contribution in [2.24, 2.45) is 17.3 Å². The lowest BCUT2D eigenvalue weighted by Gasteiger charge is -2.42. The number of carbonyl (C=O) groups excluding carboxylic acids is 2. The fraction of sp³-hybridized carbons (Fsp3) is 0.956. The molecule has 0 saturated carbocycles. The van der Waals surface area contributed by atoms with Crippen molar-refractivity contribution < 1.29 is 19.1 Å². The zero-order valence-corrected chi connectivity index (χ0v) is 34.5. The van der Waals surface area contributed by atoms with E-state index in [0.717, 1.165) is 90.1 Å². The Kier molecular flexibility index (Phi) is 30.5. The molecule has 2 unspecified atom stereocenters. The molecule has 0 aromatic carbocycles. The number of likely N-dealkylation sites (tertiary alicyclic amines) is 1. The molecule has 1 heterocycles. The summed E-state index contributed by atoms with van der Waals surface area (Å²) in [6, 6.07) is 0. The molecule has 5 nitrogen and oxygen atoms in total. The van der Waals surface area contributed by atoms with Crippen LogP contribution in [0.15, 0.2) is 0 Å². The van der Waals surface area contributed by atoms with Gasteiger partial charge in [-0.2, -0.15) is 0 Å². The molecule has 1 saturated heterocycles. The fourth-order valence-electron chi connectivity index (χ4n) is 7.97. The molecule has 0 N–H and O–H groups in total. The summed E-state index contributed by atoms with van der Waals surface area (Å²) in [5.41, 5.74) is 0.0784. The number of rotatable bonds is 35. The van der Waals surface area contributed by atoms with Crippen molar-refractivity contribution in [1.82, 2.24) is 4.90 Å². The second-order valence-corrected chi connectivity index (χ2v) is 16.2. The minimum atomic E-state index is 0.0395. The summed E-state index contributed by atoms with van der Waals surface area (Å²) in [4.78, 5) is 29.5. The minimum absolute atomic E-state index is 0.0395. The molecule has 296 valence electrons. The van der Waals surface area contributed by atoms with Crippen molar-refractivity contribution in [3.05, 3.63) is 0 Å². The predicted octanol–water partition coefficient (Wildman–Crippen LogP) is 13.4. The van der Waals surface area contributed by atoms with Crippen LogP contribution in [0.2, 0.25) is 0 Å². The van der Waals surface area contributed by atoms with E-state index in [9.17, 15) is 9.59 Å². The Morgan fingerprint density at radius 1 is 0.480 bits per heavy atom. The number of unbranched alkanes of at least 4 members (excludes halogenated alkanes) is 17. The molecule has 50 heavy (non-hydrogen) atoms. The largest absolute Gasteiger partial charge is 0.465 e. The molecule has 0 spiro atoms. The van der Waals surface area contributed by atoms with Gasteiger partial charge in [0, 0.05) is 0 Å². The van der Waals surface area contributed by atoms with E-state index in [1.54, 1.807) is 0 Å². The van der Waals surface area contributed by atoms with Crippen molar-refractivity contribution >= 4 is 11.9 Å². The van der Waals surface area contributed by atoms with Gasteiger partial charge in [0.15, 0.2) is 0 Å². The Bertz CT molecular complexity index is 725. The van der Waals surface area contributed by atoms with Crippen molar-refractivity contribution in [1.29, 1.82) is 0 Å². The van der Waals surface area contributed by atoms with E-state index in [0.29, 0.717) is 13.2 Å². The van der Waals surface area contributed by atoms with Crippen molar-refractivity contribution in [3.63, 3.8) is 0 Å². The van der Waals surface area contributed by atoms with Gasteiger partial charge in [0.05, 0.1) is 25.0 Å². The van der Waals surface area contributed by atoms with Gasteiger partial charge in [-0.1, -0.05) is 169 Å². The maximum atomic E-state index is 13.5. The number of piperidine rings is 1. The van der Waals surface area contributed by atoms with Gasteiger partial charge in [0.1, 0.15) is 0 Å². The molecule has 0 aromatic heterocycles. The number of ether oxygens (including phenoxy) is 2. The van der Waals surface area contributed by atoms with Crippen LogP contribution in [0.4, 0.5) is 0 Å². The molecule has 5 heteroatoms. The molecule has 0 amide bonds. The average molecular weight is 706 g/mol. The minimum Gasteiger partial charge on any atom is -0.465 e. The highest BCUT2D eigenvalue weighted by Crippen LogP contribution is 2.39. The van der Waals surface area contributed by atoms with E-state index >= 15 is 0 Å². The number of hydrogen-bond acceptors (Lipinski definition) is 5. The smallest absolute Gasteiger partial charge is 0.308 e. The first-order chi connectivity index (χ1) is 24.4. The molecule has 1 fully saturated rings. The lowest BCUT2D eigenvalue weighted by atomic mass is 9.73. The fourth-order valence-corrected chi connectivity index (χ4v) is 7.97.